The van der Waals surface area contributed by atoms with Gasteiger partial charge in [-0.1, -0.05) is 27.4 Å². The van der Waals surface area contributed by atoms with Crippen molar-refractivity contribution in [2.75, 3.05) is 0 Å². The van der Waals surface area contributed by atoms with Crippen LogP contribution in [0.4, 0.5) is 0 Å². The molecule has 2 fully saturated rings. The largest absolute Gasteiger partial charge is 0.460 e. The van der Waals surface area contributed by atoms with Gasteiger partial charge in [0.15, 0.2) is 0 Å². The molecule has 0 aliphatic heterocycles. The minimum absolute atomic E-state index is 0.0182. The maximum absolute atomic E-state index is 12.6. The second kappa shape index (κ2) is 5.60. The van der Waals surface area contributed by atoms with Gasteiger partial charge >= 0.3 is 11.9 Å². The summed E-state index contributed by atoms with van der Waals surface area (Å²) in [6.07, 6.45) is 2.90. The maximum atomic E-state index is 12.6. The summed E-state index contributed by atoms with van der Waals surface area (Å²) in [6, 6.07) is 0. The molecular formula is C20H32O4. The molecule has 0 amide bonds. The summed E-state index contributed by atoms with van der Waals surface area (Å²) in [5, 5.41) is 0. The van der Waals surface area contributed by atoms with Crippen LogP contribution >= 0.6 is 0 Å². The highest BCUT2D eigenvalue weighted by atomic mass is 16.6. The standard InChI is InChI=1S/C20H32O4/c1-13(2)16(22)24-20(12-15(21)23-17(3,4)5)11-14-9-10-19(20,8)18(14,6)7/h14H,1,9-12H2,2-8H3. The predicted molar refractivity (Wildman–Crippen MR) is 93.3 cm³/mol. The van der Waals surface area contributed by atoms with Gasteiger partial charge in [-0.2, -0.15) is 0 Å². The quantitative estimate of drug-likeness (QED) is 0.563. The highest BCUT2D eigenvalue weighted by Crippen LogP contribution is 2.71. The van der Waals surface area contributed by atoms with Crippen molar-refractivity contribution >= 4 is 11.9 Å². The molecule has 2 bridgehead atoms. The Balaban J connectivity index is 2.36. The second-order valence-electron chi connectivity index (χ2n) is 9.42. The number of carbonyl (C=O) groups is 2. The minimum atomic E-state index is -0.808. The first-order valence-electron chi connectivity index (χ1n) is 8.85. The normalized spacial score (nSPS) is 34.0. The van der Waals surface area contributed by atoms with Crippen LogP contribution in [-0.2, 0) is 19.1 Å². The molecule has 0 radical (unpaired) electrons. The van der Waals surface area contributed by atoms with Crippen LogP contribution in [0, 0.1) is 16.7 Å². The zero-order valence-corrected chi connectivity index (χ0v) is 16.2. The van der Waals surface area contributed by atoms with Crippen molar-refractivity contribution in [1.29, 1.82) is 0 Å². The number of fused-ring (bicyclic) bond motifs is 2. The molecule has 2 rings (SSSR count). The van der Waals surface area contributed by atoms with Gasteiger partial charge in [-0.05, 0) is 58.3 Å². The highest BCUT2D eigenvalue weighted by Gasteiger charge is 2.71. The summed E-state index contributed by atoms with van der Waals surface area (Å²) < 4.78 is 11.5. The van der Waals surface area contributed by atoms with Crippen molar-refractivity contribution in [2.24, 2.45) is 16.7 Å². The van der Waals surface area contributed by atoms with Crippen molar-refractivity contribution in [1.82, 2.24) is 0 Å². The first-order chi connectivity index (χ1) is 10.7. The third-order valence-corrected chi connectivity index (χ3v) is 6.50. The lowest BCUT2D eigenvalue weighted by atomic mass is 9.63. The molecule has 2 aliphatic rings. The molecule has 0 aromatic rings. The number of carbonyl (C=O) groups excluding carboxylic acids is 2. The third-order valence-electron chi connectivity index (χ3n) is 6.50. The Kier molecular flexibility index (Phi) is 4.44. The van der Waals surface area contributed by atoms with Crippen LogP contribution in [0.3, 0.4) is 0 Å². The van der Waals surface area contributed by atoms with E-state index in [4.69, 9.17) is 9.47 Å². The zero-order valence-electron chi connectivity index (χ0n) is 16.2. The van der Waals surface area contributed by atoms with E-state index < -0.39 is 17.2 Å². The van der Waals surface area contributed by atoms with Gasteiger partial charge in [0.2, 0.25) is 0 Å². The Morgan fingerprint density at radius 3 is 2.17 bits per heavy atom. The Labute approximate surface area is 146 Å². The fourth-order valence-corrected chi connectivity index (χ4v) is 4.72. The summed E-state index contributed by atoms with van der Waals surface area (Å²) in [6.45, 7) is 17.5. The molecule has 0 saturated heterocycles. The average Bonchev–Trinajstić information content (AvgIpc) is 2.68. The Hall–Kier alpha value is -1.32. The lowest BCUT2D eigenvalue weighted by Crippen LogP contribution is -2.52. The van der Waals surface area contributed by atoms with E-state index in [1.54, 1.807) is 6.92 Å². The van der Waals surface area contributed by atoms with Crippen molar-refractivity contribution in [3.05, 3.63) is 12.2 Å². The molecule has 0 spiro atoms. The molecule has 0 heterocycles. The van der Waals surface area contributed by atoms with Crippen molar-refractivity contribution in [3.8, 4) is 0 Å². The van der Waals surface area contributed by atoms with Gasteiger partial charge in [0.05, 0.1) is 6.42 Å². The number of hydrogen-bond acceptors (Lipinski definition) is 4. The van der Waals surface area contributed by atoms with Crippen LogP contribution in [0.5, 0.6) is 0 Å². The van der Waals surface area contributed by atoms with Crippen LogP contribution < -0.4 is 0 Å². The van der Waals surface area contributed by atoms with Gasteiger partial charge in [0.1, 0.15) is 11.2 Å². The average molecular weight is 336 g/mol. The van der Waals surface area contributed by atoms with Crippen LogP contribution in [0.1, 0.15) is 74.1 Å². The summed E-state index contributed by atoms with van der Waals surface area (Å²) in [7, 11) is 0. The summed E-state index contributed by atoms with van der Waals surface area (Å²) in [5.74, 6) is -0.271. The smallest absolute Gasteiger partial charge is 0.333 e. The Morgan fingerprint density at radius 1 is 1.21 bits per heavy atom. The van der Waals surface area contributed by atoms with Gasteiger partial charge in [-0.3, -0.25) is 4.79 Å². The van der Waals surface area contributed by atoms with Gasteiger partial charge in [-0.25, -0.2) is 4.79 Å². The topological polar surface area (TPSA) is 52.6 Å². The maximum Gasteiger partial charge on any atom is 0.333 e. The molecule has 136 valence electrons. The predicted octanol–water partition coefficient (Wildman–Crippen LogP) is 4.42. The SMILES string of the molecule is C=C(C)C(=O)OC1(CC(=O)OC(C)(C)C)CC2CCC1(C)C2(C)C. The molecule has 2 saturated carbocycles. The third kappa shape index (κ3) is 2.89. The summed E-state index contributed by atoms with van der Waals surface area (Å²) >= 11 is 0. The van der Waals surface area contributed by atoms with E-state index in [-0.39, 0.29) is 23.2 Å². The van der Waals surface area contributed by atoms with Gasteiger partial charge in [0.25, 0.3) is 0 Å². The minimum Gasteiger partial charge on any atom is -0.460 e. The van der Waals surface area contributed by atoms with Crippen LogP contribution in [0.25, 0.3) is 0 Å². The summed E-state index contributed by atoms with van der Waals surface area (Å²) in [4.78, 5) is 24.9. The second-order valence-corrected chi connectivity index (χ2v) is 9.42. The van der Waals surface area contributed by atoms with Crippen molar-refractivity contribution < 1.29 is 19.1 Å². The molecule has 4 nitrogen and oxygen atoms in total. The first-order valence-corrected chi connectivity index (χ1v) is 8.85. The number of rotatable bonds is 4. The monoisotopic (exact) mass is 336 g/mol. The number of ether oxygens (including phenoxy) is 2. The van der Waals surface area contributed by atoms with E-state index in [1.165, 1.54) is 0 Å². The Bertz CT molecular complexity index is 569. The van der Waals surface area contributed by atoms with E-state index in [9.17, 15) is 9.59 Å². The van der Waals surface area contributed by atoms with E-state index in [0.717, 1.165) is 19.3 Å². The van der Waals surface area contributed by atoms with E-state index >= 15 is 0 Å². The number of hydrogen-bond donors (Lipinski definition) is 0. The molecule has 0 N–H and O–H groups in total. The lowest BCUT2D eigenvalue weighted by Gasteiger charge is -2.47. The lowest BCUT2D eigenvalue weighted by molar-refractivity contribution is -0.186. The zero-order chi connectivity index (χ0) is 18.6. The molecule has 2 aliphatic carbocycles. The molecule has 4 heteroatoms. The molecule has 3 unspecified atom stereocenters. The van der Waals surface area contributed by atoms with Crippen LogP contribution in [-0.4, -0.2) is 23.1 Å². The fourth-order valence-electron chi connectivity index (χ4n) is 4.72. The van der Waals surface area contributed by atoms with Crippen molar-refractivity contribution in [2.45, 2.75) is 85.4 Å². The van der Waals surface area contributed by atoms with Crippen molar-refractivity contribution in [3.63, 3.8) is 0 Å². The highest BCUT2D eigenvalue weighted by molar-refractivity contribution is 5.87. The van der Waals surface area contributed by atoms with E-state index in [1.807, 2.05) is 20.8 Å². The first kappa shape index (κ1) is 19.0. The molecule has 0 aromatic carbocycles. The summed E-state index contributed by atoms with van der Waals surface area (Å²) in [5.41, 5.74) is -1.22. The molecule has 3 atom stereocenters. The van der Waals surface area contributed by atoms with E-state index in [2.05, 4.69) is 27.4 Å². The van der Waals surface area contributed by atoms with Gasteiger partial charge in [-0.15, -0.1) is 0 Å². The van der Waals surface area contributed by atoms with Gasteiger partial charge < -0.3 is 9.47 Å². The Morgan fingerprint density at radius 2 is 1.79 bits per heavy atom. The fraction of sp³-hybridized carbons (Fsp3) is 0.800. The molecule has 24 heavy (non-hydrogen) atoms. The van der Waals surface area contributed by atoms with Crippen LogP contribution in [0.2, 0.25) is 0 Å². The molecular weight excluding hydrogens is 304 g/mol. The van der Waals surface area contributed by atoms with Crippen LogP contribution in [0.15, 0.2) is 12.2 Å². The molecule has 0 aromatic heterocycles. The van der Waals surface area contributed by atoms with Gasteiger partial charge in [0, 0.05) is 11.0 Å². The number of esters is 2. The van der Waals surface area contributed by atoms with E-state index in [0.29, 0.717) is 11.5 Å².